The van der Waals surface area contributed by atoms with Gasteiger partial charge in [0.1, 0.15) is 17.9 Å². The molecule has 0 spiro atoms. The van der Waals surface area contributed by atoms with Crippen LogP contribution in [0.2, 0.25) is 0 Å². The van der Waals surface area contributed by atoms with Crippen LogP contribution in [0.5, 0.6) is 0 Å². The van der Waals surface area contributed by atoms with E-state index in [4.69, 9.17) is 5.26 Å². The molecule has 1 heterocycles. The third-order valence-corrected chi connectivity index (χ3v) is 2.81. The van der Waals surface area contributed by atoms with Crippen molar-refractivity contribution in [3.63, 3.8) is 0 Å². The van der Waals surface area contributed by atoms with Crippen LogP contribution in [-0.2, 0) is 9.59 Å². The SMILES string of the molecule is CC1C(=O)NC(=O)CN1c1ccc(F)cc1C#N. The summed E-state index contributed by atoms with van der Waals surface area (Å²) < 4.78 is 13.0. The van der Waals surface area contributed by atoms with Gasteiger partial charge >= 0.3 is 0 Å². The van der Waals surface area contributed by atoms with Gasteiger partial charge in [0, 0.05) is 0 Å². The third kappa shape index (κ3) is 2.02. The molecule has 1 aliphatic heterocycles. The zero-order valence-electron chi connectivity index (χ0n) is 9.61. The standard InChI is InChI=1S/C12H10FN3O2/c1-7-12(18)15-11(17)6-16(7)10-3-2-9(13)4-8(10)5-14/h2-4,7H,6H2,1H3,(H,15,17,18). The number of hydrogen-bond donors (Lipinski definition) is 1. The summed E-state index contributed by atoms with van der Waals surface area (Å²) in [6.45, 7) is 1.58. The lowest BCUT2D eigenvalue weighted by Crippen LogP contribution is -2.57. The number of anilines is 1. The molecule has 1 N–H and O–H groups in total. The minimum Gasteiger partial charge on any atom is -0.349 e. The van der Waals surface area contributed by atoms with Crippen LogP contribution in [-0.4, -0.2) is 24.4 Å². The van der Waals surface area contributed by atoms with E-state index < -0.39 is 23.7 Å². The highest BCUT2D eigenvalue weighted by molar-refractivity contribution is 6.04. The lowest BCUT2D eigenvalue weighted by molar-refractivity contribution is -0.132. The van der Waals surface area contributed by atoms with Crippen LogP contribution < -0.4 is 10.2 Å². The zero-order chi connectivity index (χ0) is 13.3. The first-order valence-electron chi connectivity index (χ1n) is 5.33. The van der Waals surface area contributed by atoms with Crippen LogP contribution in [0.25, 0.3) is 0 Å². The second-order valence-corrected chi connectivity index (χ2v) is 3.99. The summed E-state index contributed by atoms with van der Waals surface area (Å²) >= 11 is 0. The summed E-state index contributed by atoms with van der Waals surface area (Å²) in [5.74, 6) is -1.40. The fourth-order valence-electron chi connectivity index (χ4n) is 1.86. The van der Waals surface area contributed by atoms with Crippen LogP contribution in [0.1, 0.15) is 12.5 Å². The van der Waals surface area contributed by atoms with E-state index in [2.05, 4.69) is 5.32 Å². The molecule has 1 aromatic carbocycles. The zero-order valence-corrected chi connectivity index (χ0v) is 9.61. The molecule has 0 aliphatic carbocycles. The maximum Gasteiger partial charge on any atom is 0.249 e. The molecular weight excluding hydrogens is 237 g/mol. The van der Waals surface area contributed by atoms with Crippen LogP contribution in [0, 0.1) is 17.1 Å². The number of carbonyl (C=O) groups is 2. The Bertz CT molecular complexity index is 565. The van der Waals surface area contributed by atoms with Crippen LogP contribution >= 0.6 is 0 Å². The fraction of sp³-hybridized carbons (Fsp3) is 0.250. The van der Waals surface area contributed by atoms with Gasteiger partial charge in [-0.3, -0.25) is 14.9 Å². The Kier molecular flexibility index (Phi) is 2.98. The van der Waals surface area contributed by atoms with Gasteiger partial charge in [-0.15, -0.1) is 0 Å². The first kappa shape index (κ1) is 12.0. The summed E-state index contributed by atoms with van der Waals surface area (Å²) in [5, 5.41) is 11.2. The number of halogens is 1. The number of amides is 2. The number of benzene rings is 1. The summed E-state index contributed by atoms with van der Waals surface area (Å²) in [7, 11) is 0. The Morgan fingerprint density at radius 2 is 2.22 bits per heavy atom. The molecule has 18 heavy (non-hydrogen) atoms. The largest absolute Gasteiger partial charge is 0.349 e. The van der Waals surface area contributed by atoms with Gasteiger partial charge in [0.25, 0.3) is 0 Å². The predicted octanol–water partition coefficient (Wildman–Crippen LogP) is 0.549. The van der Waals surface area contributed by atoms with Crippen molar-refractivity contribution in [3.05, 3.63) is 29.6 Å². The van der Waals surface area contributed by atoms with Crippen molar-refractivity contribution in [2.45, 2.75) is 13.0 Å². The quantitative estimate of drug-likeness (QED) is 0.735. The van der Waals surface area contributed by atoms with Gasteiger partial charge in [0.2, 0.25) is 11.8 Å². The molecule has 1 saturated heterocycles. The maximum atomic E-state index is 13.0. The summed E-state index contributed by atoms with van der Waals surface area (Å²) in [4.78, 5) is 24.3. The number of rotatable bonds is 1. The average molecular weight is 247 g/mol. The Morgan fingerprint density at radius 3 is 2.89 bits per heavy atom. The van der Waals surface area contributed by atoms with E-state index in [1.165, 1.54) is 17.0 Å². The van der Waals surface area contributed by atoms with Crippen molar-refractivity contribution < 1.29 is 14.0 Å². The lowest BCUT2D eigenvalue weighted by atomic mass is 10.1. The van der Waals surface area contributed by atoms with Gasteiger partial charge in [0.05, 0.1) is 17.8 Å². The summed E-state index contributed by atoms with van der Waals surface area (Å²) in [6.07, 6.45) is 0. The van der Waals surface area contributed by atoms with Crippen LogP contribution in [0.3, 0.4) is 0 Å². The van der Waals surface area contributed by atoms with Crippen molar-refractivity contribution in [3.8, 4) is 6.07 Å². The van der Waals surface area contributed by atoms with E-state index in [9.17, 15) is 14.0 Å². The molecule has 1 atom stereocenters. The van der Waals surface area contributed by atoms with Gasteiger partial charge in [-0.1, -0.05) is 0 Å². The molecule has 1 aliphatic rings. The minimum absolute atomic E-state index is 0.0345. The number of carbonyl (C=O) groups excluding carboxylic acids is 2. The first-order chi connectivity index (χ1) is 8.52. The highest BCUT2D eigenvalue weighted by atomic mass is 19.1. The second kappa shape index (κ2) is 4.45. The Labute approximate surface area is 103 Å². The molecule has 1 unspecified atom stereocenters. The maximum absolute atomic E-state index is 13.0. The number of hydrogen-bond acceptors (Lipinski definition) is 4. The summed E-state index contributed by atoms with van der Waals surface area (Å²) in [5.41, 5.74) is 0.485. The van der Waals surface area contributed by atoms with Crippen LogP contribution in [0.4, 0.5) is 10.1 Å². The molecule has 2 amide bonds. The van der Waals surface area contributed by atoms with E-state index in [0.29, 0.717) is 5.69 Å². The van der Waals surface area contributed by atoms with Crippen molar-refractivity contribution >= 4 is 17.5 Å². The first-order valence-corrected chi connectivity index (χ1v) is 5.33. The van der Waals surface area contributed by atoms with Crippen molar-refractivity contribution in [2.24, 2.45) is 0 Å². The van der Waals surface area contributed by atoms with Crippen LogP contribution in [0.15, 0.2) is 18.2 Å². The molecule has 0 saturated carbocycles. The molecule has 92 valence electrons. The molecule has 2 rings (SSSR count). The van der Waals surface area contributed by atoms with E-state index in [-0.39, 0.29) is 12.1 Å². The van der Waals surface area contributed by atoms with E-state index >= 15 is 0 Å². The normalized spacial score (nSPS) is 19.4. The van der Waals surface area contributed by atoms with Gasteiger partial charge in [0.15, 0.2) is 0 Å². The Morgan fingerprint density at radius 1 is 1.50 bits per heavy atom. The number of nitriles is 1. The number of imide groups is 1. The summed E-state index contributed by atoms with van der Waals surface area (Å²) in [6, 6.07) is 4.95. The molecule has 0 aromatic heterocycles. The van der Waals surface area contributed by atoms with Gasteiger partial charge in [-0.25, -0.2) is 4.39 Å². The predicted molar refractivity (Wildman–Crippen MR) is 61.1 cm³/mol. The second-order valence-electron chi connectivity index (χ2n) is 3.99. The molecule has 1 fully saturated rings. The minimum atomic E-state index is -0.583. The number of nitrogens with zero attached hydrogens (tertiary/aromatic N) is 2. The third-order valence-electron chi connectivity index (χ3n) is 2.81. The van der Waals surface area contributed by atoms with Crippen molar-refractivity contribution in [1.82, 2.24) is 5.32 Å². The highest BCUT2D eigenvalue weighted by Gasteiger charge is 2.31. The Hall–Kier alpha value is -2.42. The van der Waals surface area contributed by atoms with Gasteiger partial charge in [-0.05, 0) is 25.1 Å². The van der Waals surface area contributed by atoms with E-state index in [1.807, 2.05) is 6.07 Å². The monoisotopic (exact) mass is 247 g/mol. The van der Waals surface area contributed by atoms with E-state index in [1.54, 1.807) is 6.92 Å². The average Bonchev–Trinajstić information content (AvgIpc) is 2.34. The van der Waals surface area contributed by atoms with Crippen molar-refractivity contribution in [1.29, 1.82) is 5.26 Å². The smallest absolute Gasteiger partial charge is 0.249 e. The topological polar surface area (TPSA) is 73.2 Å². The lowest BCUT2D eigenvalue weighted by Gasteiger charge is -2.33. The molecule has 6 heteroatoms. The highest BCUT2D eigenvalue weighted by Crippen LogP contribution is 2.24. The van der Waals surface area contributed by atoms with Crippen molar-refractivity contribution in [2.75, 3.05) is 11.4 Å². The fourth-order valence-corrected chi connectivity index (χ4v) is 1.86. The van der Waals surface area contributed by atoms with Gasteiger partial charge < -0.3 is 4.90 Å². The molecule has 5 nitrogen and oxygen atoms in total. The number of piperazine rings is 1. The van der Waals surface area contributed by atoms with E-state index in [0.717, 1.165) is 6.07 Å². The van der Waals surface area contributed by atoms with Gasteiger partial charge in [-0.2, -0.15) is 5.26 Å². The Balaban J connectivity index is 2.44. The molecular formula is C12H10FN3O2. The molecule has 0 bridgehead atoms. The number of nitrogens with one attached hydrogen (secondary N) is 1. The molecule has 1 aromatic rings. The molecule has 0 radical (unpaired) electrons.